The average Bonchev–Trinajstić information content (AvgIpc) is 3.26. The first-order valence-electron chi connectivity index (χ1n) is 25.1. The lowest BCUT2D eigenvalue weighted by molar-refractivity contribution is -0.137. The number of aliphatic hydroxyl groups excluding tert-OH is 2. The van der Waals surface area contributed by atoms with Crippen molar-refractivity contribution in [3.63, 3.8) is 0 Å². The van der Waals surface area contributed by atoms with Gasteiger partial charge in [-0.2, -0.15) is 0 Å². The van der Waals surface area contributed by atoms with Crippen molar-refractivity contribution in [1.29, 1.82) is 0 Å². The maximum absolute atomic E-state index is 14.1. The Morgan fingerprint density at radius 3 is 1.55 bits per heavy atom. The van der Waals surface area contributed by atoms with E-state index in [1.54, 1.807) is 32.9 Å². The van der Waals surface area contributed by atoms with Gasteiger partial charge in [0.2, 0.25) is 23.6 Å². The van der Waals surface area contributed by atoms with Crippen LogP contribution in [0.3, 0.4) is 0 Å². The molecule has 1 aromatic carbocycles. The summed E-state index contributed by atoms with van der Waals surface area (Å²) in [7, 11) is 0. The van der Waals surface area contributed by atoms with Crippen LogP contribution in [-0.4, -0.2) is 93.2 Å². The zero-order chi connectivity index (χ0) is 49.8. The molecule has 14 heteroatoms. The molecular formula is C52H88N4O10. The van der Waals surface area contributed by atoms with Crippen LogP contribution in [0.5, 0.6) is 5.75 Å². The van der Waals surface area contributed by atoms with E-state index in [1.165, 1.54) is 76.8 Å². The molecule has 0 saturated heterocycles. The van der Waals surface area contributed by atoms with E-state index in [0.29, 0.717) is 18.4 Å². The lowest BCUT2D eigenvalue weighted by Crippen LogP contribution is -2.54. The molecule has 0 heterocycles. The summed E-state index contributed by atoms with van der Waals surface area (Å²) in [5.74, 6) is -6.40. The van der Waals surface area contributed by atoms with Crippen LogP contribution in [0, 0.1) is 29.6 Å². The first-order valence-corrected chi connectivity index (χ1v) is 25.1. The van der Waals surface area contributed by atoms with Crippen molar-refractivity contribution in [2.45, 2.75) is 215 Å². The first-order chi connectivity index (χ1) is 31.2. The number of aromatic hydroxyl groups is 1. The van der Waals surface area contributed by atoms with Crippen LogP contribution >= 0.6 is 0 Å². The standard InChI is InChI=1S/C52H88N4O10/c1-10-12-13-14-15-16-17-18-19-20-21-22-23-24-47(63)55-48(36(7)8)52(66)54-42(29-34(3)4)46(62)32-41(35(5)6)51(65)53-43(30-38-25-27-40(59)28-26-38)45(61)31-39(33-57)50(64)56-49(37(9)58)44(60)11-2/h25-28,34-37,39,41-43,48-49,57-59H,10-24,29-33H2,1-9H3,(H,53,65)(H,54,66)(H,55,63)(H,56,64)/t37-,39+,41+,42+,43+,48+,49+/m1/s1. The van der Waals surface area contributed by atoms with Crippen LogP contribution < -0.4 is 21.3 Å². The maximum Gasteiger partial charge on any atom is 0.243 e. The summed E-state index contributed by atoms with van der Waals surface area (Å²) in [6.45, 7) is 15.5. The highest BCUT2D eigenvalue weighted by Crippen LogP contribution is 2.22. The molecule has 14 nitrogen and oxygen atoms in total. The fraction of sp³-hybridized carbons (Fsp3) is 0.750. The highest BCUT2D eigenvalue weighted by Gasteiger charge is 2.36. The van der Waals surface area contributed by atoms with Crippen molar-refractivity contribution in [3.05, 3.63) is 29.8 Å². The minimum Gasteiger partial charge on any atom is -0.508 e. The summed E-state index contributed by atoms with van der Waals surface area (Å²) >= 11 is 0. The third kappa shape index (κ3) is 24.0. The molecule has 0 aliphatic rings. The molecule has 0 aliphatic heterocycles. The average molecular weight is 929 g/mol. The van der Waals surface area contributed by atoms with Crippen LogP contribution in [0.25, 0.3) is 0 Å². The second kappa shape index (κ2) is 33.3. The van der Waals surface area contributed by atoms with Crippen LogP contribution in [0.4, 0.5) is 0 Å². The van der Waals surface area contributed by atoms with Crippen molar-refractivity contribution < 1.29 is 48.9 Å². The Labute approximate surface area is 396 Å². The number of carbonyl (C=O) groups is 7. The van der Waals surface area contributed by atoms with E-state index in [1.807, 2.05) is 27.7 Å². The zero-order valence-corrected chi connectivity index (χ0v) is 41.9. The predicted molar refractivity (Wildman–Crippen MR) is 259 cm³/mol. The molecule has 66 heavy (non-hydrogen) atoms. The number of ketones is 3. The Hall–Kier alpha value is -4.17. The zero-order valence-electron chi connectivity index (χ0n) is 41.9. The molecule has 0 aromatic heterocycles. The topological polar surface area (TPSA) is 228 Å². The Balaban J connectivity index is 3.05. The van der Waals surface area contributed by atoms with Crippen molar-refractivity contribution in [2.75, 3.05) is 6.61 Å². The Morgan fingerprint density at radius 2 is 1.08 bits per heavy atom. The molecule has 0 fully saturated rings. The van der Waals surface area contributed by atoms with E-state index < -0.39 is 84.4 Å². The number of benzene rings is 1. The van der Waals surface area contributed by atoms with Gasteiger partial charge in [-0.25, -0.2) is 0 Å². The van der Waals surface area contributed by atoms with Gasteiger partial charge in [0, 0.05) is 31.6 Å². The molecule has 7 atom stereocenters. The third-order valence-corrected chi connectivity index (χ3v) is 12.3. The summed E-state index contributed by atoms with van der Waals surface area (Å²) in [5, 5.41) is 41.2. The number of Topliss-reactive ketones (excluding diaryl/α,β-unsaturated/α-hetero) is 3. The van der Waals surface area contributed by atoms with E-state index >= 15 is 0 Å². The van der Waals surface area contributed by atoms with Gasteiger partial charge < -0.3 is 36.6 Å². The van der Waals surface area contributed by atoms with Crippen molar-refractivity contribution in [3.8, 4) is 5.75 Å². The molecule has 4 amide bonds. The third-order valence-electron chi connectivity index (χ3n) is 12.3. The van der Waals surface area contributed by atoms with Crippen molar-refractivity contribution in [2.24, 2.45) is 29.6 Å². The highest BCUT2D eigenvalue weighted by atomic mass is 16.3. The largest absolute Gasteiger partial charge is 0.508 e. The Morgan fingerprint density at radius 1 is 0.561 bits per heavy atom. The van der Waals surface area contributed by atoms with Crippen LogP contribution in [-0.2, 0) is 40.0 Å². The van der Waals surface area contributed by atoms with Gasteiger partial charge in [-0.05, 0) is 61.6 Å². The van der Waals surface area contributed by atoms with Gasteiger partial charge in [-0.15, -0.1) is 0 Å². The van der Waals surface area contributed by atoms with Crippen molar-refractivity contribution in [1.82, 2.24) is 21.3 Å². The number of phenols is 1. The number of amides is 4. The summed E-state index contributed by atoms with van der Waals surface area (Å²) in [6.07, 6.45) is 14.2. The molecule has 1 aromatic rings. The molecule has 0 bridgehead atoms. The number of hydrogen-bond acceptors (Lipinski definition) is 10. The molecule has 7 N–H and O–H groups in total. The number of rotatable bonds is 37. The number of nitrogens with one attached hydrogen (secondary N) is 4. The van der Waals surface area contributed by atoms with E-state index in [-0.39, 0.29) is 54.5 Å². The highest BCUT2D eigenvalue weighted by molar-refractivity contribution is 5.97. The quantitative estimate of drug-likeness (QED) is 0.0332. The number of aliphatic hydroxyl groups is 2. The second-order valence-corrected chi connectivity index (χ2v) is 19.5. The summed E-state index contributed by atoms with van der Waals surface area (Å²) in [6, 6.07) is 1.75. The normalized spacial score (nSPS) is 14.8. The van der Waals surface area contributed by atoms with Crippen molar-refractivity contribution >= 4 is 41.0 Å². The maximum atomic E-state index is 14.1. The lowest BCUT2D eigenvalue weighted by Gasteiger charge is -2.28. The number of unbranched alkanes of at least 4 members (excludes halogenated alkanes) is 12. The van der Waals surface area contributed by atoms with E-state index in [4.69, 9.17) is 0 Å². The van der Waals surface area contributed by atoms with Crippen LogP contribution in [0.2, 0.25) is 0 Å². The van der Waals surface area contributed by atoms with Crippen LogP contribution in [0.1, 0.15) is 183 Å². The fourth-order valence-corrected chi connectivity index (χ4v) is 8.06. The summed E-state index contributed by atoms with van der Waals surface area (Å²) in [5.41, 5.74) is 0.576. The minimum absolute atomic E-state index is 0.00633. The molecular weight excluding hydrogens is 841 g/mol. The smallest absolute Gasteiger partial charge is 0.243 e. The van der Waals surface area contributed by atoms with Gasteiger partial charge in [0.15, 0.2) is 17.3 Å². The molecule has 0 unspecified atom stereocenters. The number of hydrogen-bond donors (Lipinski definition) is 7. The van der Waals surface area contributed by atoms with Gasteiger partial charge in [0.1, 0.15) is 17.8 Å². The van der Waals surface area contributed by atoms with Crippen LogP contribution in [0.15, 0.2) is 24.3 Å². The Kier molecular flexibility index (Phi) is 30.2. The molecule has 0 aliphatic carbocycles. The molecule has 1 rings (SSSR count). The number of phenolic OH excluding ortho intramolecular Hbond substituents is 1. The molecule has 0 saturated carbocycles. The summed E-state index contributed by atoms with van der Waals surface area (Å²) in [4.78, 5) is 94.6. The van der Waals surface area contributed by atoms with Gasteiger partial charge in [0.25, 0.3) is 0 Å². The van der Waals surface area contributed by atoms with Gasteiger partial charge in [-0.3, -0.25) is 33.6 Å². The monoisotopic (exact) mass is 929 g/mol. The van der Waals surface area contributed by atoms with E-state index in [0.717, 1.165) is 25.7 Å². The number of carbonyl (C=O) groups excluding carboxylic acids is 7. The Bertz CT molecular complexity index is 1610. The predicted octanol–water partition coefficient (Wildman–Crippen LogP) is 7.22. The minimum atomic E-state index is -1.30. The lowest BCUT2D eigenvalue weighted by atomic mass is 9.85. The van der Waals surface area contributed by atoms with Gasteiger partial charge >= 0.3 is 0 Å². The van der Waals surface area contributed by atoms with Gasteiger partial charge in [0.05, 0.1) is 30.7 Å². The van der Waals surface area contributed by atoms with E-state index in [2.05, 4.69) is 28.2 Å². The molecule has 376 valence electrons. The van der Waals surface area contributed by atoms with Gasteiger partial charge in [-0.1, -0.05) is 145 Å². The summed E-state index contributed by atoms with van der Waals surface area (Å²) < 4.78 is 0. The first kappa shape index (κ1) is 59.8. The SMILES string of the molecule is CCCCCCCCCCCCCCCC(=O)N[C@H](C(=O)N[C@@H](CC(C)C)C(=O)C[C@H](C(=O)N[C@@H](Cc1ccc(O)cc1)C(=O)C[C@@H](CO)C(=O)N[C@H](C(=O)CC)[C@@H](C)O)C(C)C)C(C)C. The second-order valence-electron chi connectivity index (χ2n) is 19.5. The fourth-order valence-electron chi connectivity index (χ4n) is 8.06. The molecule has 0 spiro atoms. The van der Waals surface area contributed by atoms with E-state index in [9.17, 15) is 48.9 Å². The molecule has 0 radical (unpaired) electrons.